The molecule has 4 nitrogen and oxygen atoms in total. The van der Waals surface area contributed by atoms with E-state index in [0.29, 0.717) is 16.9 Å². The fourth-order valence-corrected chi connectivity index (χ4v) is 1.08. The molecule has 0 aliphatic heterocycles. The summed E-state index contributed by atoms with van der Waals surface area (Å²) in [5.74, 6) is 0.354. The molecule has 0 fully saturated rings. The molecule has 2 aromatic rings. The number of pyridine rings is 1. The third-order valence-corrected chi connectivity index (χ3v) is 1.80. The standard InChI is InChI=1S/C8H9N3O/c1-2-5-3-6-7(10-4-5)8(9)11-12-6/h3-4H,2H2,1H3,(H2,9,11). The summed E-state index contributed by atoms with van der Waals surface area (Å²) in [6.45, 7) is 2.06. The van der Waals surface area contributed by atoms with E-state index in [1.54, 1.807) is 6.20 Å². The number of aromatic nitrogens is 2. The molecule has 2 rings (SSSR count). The van der Waals surface area contributed by atoms with Crippen LogP contribution >= 0.6 is 0 Å². The molecule has 0 aliphatic carbocycles. The number of aryl methyl sites for hydroxylation is 1. The number of hydrogen-bond donors (Lipinski definition) is 1. The number of nitrogens with two attached hydrogens (primary N) is 1. The van der Waals surface area contributed by atoms with E-state index in [9.17, 15) is 0 Å². The summed E-state index contributed by atoms with van der Waals surface area (Å²) in [6, 6.07) is 1.91. The van der Waals surface area contributed by atoms with Gasteiger partial charge < -0.3 is 10.3 Å². The molecule has 62 valence electrons. The smallest absolute Gasteiger partial charge is 0.193 e. The van der Waals surface area contributed by atoms with Gasteiger partial charge >= 0.3 is 0 Å². The maximum absolute atomic E-state index is 5.50. The van der Waals surface area contributed by atoms with Crippen LogP contribution in [0.5, 0.6) is 0 Å². The van der Waals surface area contributed by atoms with E-state index in [1.807, 2.05) is 6.07 Å². The van der Waals surface area contributed by atoms with Crippen LogP contribution in [-0.4, -0.2) is 10.1 Å². The van der Waals surface area contributed by atoms with Crippen LogP contribution < -0.4 is 5.73 Å². The Kier molecular flexibility index (Phi) is 1.46. The Morgan fingerprint density at radius 3 is 3.17 bits per heavy atom. The van der Waals surface area contributed by atoms with Crippen LogP contribution in [0.4, 0.5) is 5.82 Å². The Hall–Kier alpha value is -1.58. The lowest BCUT2D eigenvalue weighted by molar-refractivity contribution is 0.460. The monoisotopic (exact) mass is 163 g/mol. The molecule has 2 aromatic heterocycles. The molecule has 0 saturated carbocycles. The Morgan fingerprint density at radius 1 is 1.58 bits per heavy atom. The first-order chi connectivity index (χ1) is 5.81. The van der Waals surface area contributed by atoms with Crippen LogP contribution in [0.1, 0.15) is 12.5 Å². The van der Waals surface area contributed by atoms with E-state index in [-0.39, 0.29) is 0 Å². The van der Waals surface area contributed by atoms with E-state index in [1.165, 1.54) is 0 Å². The van der Waals surface area contributed by atoms with Crippen LogP contribution in [0.2, 0.25) is 0 Å². The van der Waals surface area contributed by atoms with E-state index in [2.05, 4.69) is 17.1 Å². The summed E-state index contributed by atoms with van der Waals surface area (Å²) in [5.41, 5.74) is 7.93. The van der Waals surface area contributed by atoms with E-state index in [4.69, 9.17) is 10.3 Å². The van der Waals surface area contributed by atoms with Crippen molar-refractivity contribution in [1.82, 2.24) is 10.1 Å². The average Bonchev–Trinajstić information content (AvgIpc) is 2.47. The molecule has 2 heterocycles. The Morgan fingerprint density at radius 2 is 2.42 bits per heavy atom. The second-order valence-electron chi connectivity index (χ2n) is 2.61. The van der Waals surface area contributed by atoms with Crippen LogP contribution in [-0.2, 0) is 6.42 Å². The first-order valence-electron chi connectivity index (χ1n) is 3.81. The summed E-state index contributed by atoms with van der Waals surface area (Å²) in [5, 5.41) is 3.61. The van der Waals surface area contributed by atoms with Crippen molar-refractivity contribution in [2.75, 3.05) is 5.73 Å². The number of hydrogen-bond acceptors (Lipinski definition) is 4. The van der Waals surface area contributed by atoms with Crippen molar-refractivity contribution < 1.29 is 4.52 Å². The van der Waals surface area contributed by atoms with E-state index < -0.39 is 0 Å². The van der Waals surface area contributed by atoms with Crippen molar-refractivity contribution in [3.8, 4) is 0 Å². The maximum atomic E-state index is 5.50. The van der Waals surface area contributed by atoms with Gasteiger partial charge in [0, 0.05) is 6.20 Å². The normalized spacial score (nSPS) is 10.8. The van der Waals surface area contributed by atoms with Gasteiger partial charge in [0.2, 0.25) is 0 Å². The fraction of sp³-hybridized carbons (Fsp3) is 0.250. The lowest BCUT2D eigenvalue weighted by atomic mass is 10.2. The molecule has 0 spiro atoms. The number of fused-ring (bicyclic) bond motifs is 1. The highest BCUT2D eigenvalue weighted by molar-refractivity contribution is 5.82. The molecule has 0 amide bonds. The van der Waals surface area contributed by atoms with Crippen molar-refractivity contribution in [1.29, 1.82) is 0 Å². The van der Waals surface area contributed by atoms with Crippen molar-refractivity contribution in [3.05, 3.63) is 17.8 Å². The SMILES string of the molecule is CCc1cnc2c(N)noc2c1. The quantitative estimate of drug-likeness (QED) is 0.689. The minimum atomic E-state index is 0.354. The van der Waals surface area contributed by atoms with E-state index in [0.717, 1.165) is 12.0 Å². The highest BCUT2D eigenvalue weighted by atomic mass is 16.5. The third-order valence-electron chi connectivity index (χ3n) is 1.80. The van der Waals surface area contributed by atoms with Crippen LogP contribution in [0, 0.1) is 0 Å². The summed E-state index contributed by atoms with van der Waals surface area (Å²) in [6.07, 6.45) is 2.72. The zero-order chi connectivity index (χ0) is 8.55. The van der Waals surface area contributed by atoms with Gasteiger partial charge in [-0.15, -0.1) is 0 Å². The van der Waals surface area contributed by atoms with Crippen molar-refractivity contribution in [2.24, 2.45) is 0 Å². The largest absolute Gasteiger partial charge is 0.379 e. The Labute approximate surface area is 69.4 Å². The molecular weight excluding hydrogens is 154 g/mol. The molecule has 0 atom stereocenters. The number of anilines is 1. The van der Waals surface area contributed by atoms with Crippen molar-refractivity contribution in [2.45, 2.75) is 13.3 Å². The minimum Gasteiger partial charge on any atom is -0.379 e. The van der Waals surface area contributed by atoms with Crippen molar-refractivity contribution >= 4 is 16.9 Å². The number of nitrogens with zero attached hydrogens (tertiary/aromatic N) is 2. The molecule has 4 heteroatoms. The molecule has 12 heavy (non-hydrogen) atoms. The maximum Gasteiger partial charge on any atom is 0.193 e. The Balaban J connectivity index is 2.69. The molecule has 0 bridgehead atoms. The van der Waals surface area contributed by atoms with Crippen LogP contribution in [0.15, 0.2) is 16.8 Å². The van der Waals surface area contributed by atoms with Gasteiger partial charge in [-0.1, -0.05) is 12.1 Å². The highest BCUT2D eigenvalue weighted by Gasteiger charge is 2.05. The predicted octanol–water partition coefficient (Wildman–Crippen LogP) is 1.37. The van der Waals surface area contributed by atoms with Gasteiger partial charge in [-0.25, -0.2) is 4.98 Å². The van der Waals surface area contributed by atoms with Gasteiger partial charge in [-0.2, -0.15) is 0 Å². The molecular formula is C8H9N3O. The van der Waals surface area contributed by atoms with Gasteiger partial charge in [0.15, 0.2) is 16.9 Å². The zero-order valence-corrected chi connectivity index (χ0v) is 6.74. The van der Waals surface area contributed by atoms with E-state index >= 15 is 0 Å². The highest BCUT2D eigenvalue weighted by Crippen LogP contribution is 2.18. The van der Waals surface area contributed by atoms with Crippen LogP contribution in [0.3, 0.4) is 0 Å². The molecule has 0 saturated heterocycles. The lowest BCUT2D eigenvalue weighted by Gasteiger charge is -1.92. The summed E-state index contributed by atoms with van der Waals surface area (Å²) in [4.78, 5) is 4.13. The van der Waals surface area contributed by atoms with Crippen molar-refractivity contribution in [3.63, 3.8) is 0 Å². The fourth-order valence-electron chi connectivity index (χ4n) is 1.08. The van der Waals surface area contributed by atoms with Gasteiger partial charge in [0.25, 0.3) is 0 Å². The summed E-state index contributed by atoms with van der Waals surface area (Å²) >= 11 is 0. The minimum absolute atomic E-state index is 0.354. The summed E-state index contributed by atoms with van der Waals surface area (Å²) < 4.78 is 4.95. The van der Waals surface area contributed by atoms with Crippen LogP contribution in [0.25, 0.3) is 11.1 Å². The molecule has 2 N–H and O–H groups in total. The molecule has 0 aliphatic rings. The first kappa shape index (κ1) is 7.09. The number of rotatable bonds is 1. The average molecular weight is 163 g/mol. The molecule has 0 aromatic carbocycles. The third kappa shape index (κ3) is 0.922. The number of nitrogen functional groups attached to an aromatic ring is 1. The zero-order valence-electron chi connectivity index (χ0n) is 6.74. The molecule has 0 unspecified atom stereocenters. The molecule has 0 radical (unpaired) electrons. The lowest BCUT2D eigenvalue weighted by Crippen LogP contribution is -1.87. The topological polar surface area (TPSA) is 64.9 Å². The van der Waals surface area contributed by atoms with Gasteiger partial charge in [0.05, 0.1) is 0 Å². The Bertz CT molecular complexity index is 408. The predicted molar refractivity (Wildman–Crippen MR) is 45.6 cm³/mol. The van der Waals surface area contributed by atoms with Gasteiger partial charge in [-0.3, -0.25) is 0 Å². The second kappa shape index (κ2) is 2.48. The second-order valence-corrected chi connectivity index (χ2v) is 2.61. The summed E-state index contributed by atoms with van der Waals surface area (Å²) in [7, 11) is 0. The van der Waals surface area contributed by atoms with Gasteiger partial charge in [0.1, 0.15) is 0 Å². The first-order valence-corrected chi connectivity index (χ1v) is 3.81. The van der Waals surface area contributed by atoms with Gasteiger partial charge in [-0.05, 0) is 18.1 Å².